The maximum absolute atomic E-state index is 11.8. The first-order chi connectivity index (χ1) is 8.34. The van der Waals surface area contributed by atoms with E-state index in [0.29, 0.717) is 11.4 Å². The fourth-order valence-corrected chi connectivity index (χ4v) is 1.89. The summed E-state index contributed by atoms with van der Waals surface area (Å²) in [6, 6.07) is 1.44. The van der Waals surface area contributed by atoms with Crippen molar-refractivity contribution in [2.24, 2.45) is 5.73 Å². The zero-order valence-corrected chi connectivity index (χ0v) is 11.8. The van der Waals surface area contributed by atoms with E-state index < -0.39 is 0 Å². The number of anilines is 1. The summed E-state index contributed by atoms with van der Waals surface area (Å²) in [4.78, 5) is 17.8. The molecule has 0 spiro atoms. The number of likely N-dealkylation sites (N-methyl/N-ethyl adjacent to an activating group) is 1. The Balaban J connectivity index is 3.01. The zero-order chi connectivity index (χ0) is 13.9. The number of nitrogens with two attached hydrogens (primary N) is 1. The lowest BCUT2D eigenvalue weighted by atomic mass is 10.1. The number of aromatic nitrogens is 1. The van der Waals surface area contributed by atoms with Crippen molar-refractivity contribution in [2.45, 2.75) is 19.9 Å². The Kier molecular flexibility index (Phi) is 4.61. The Labute approximate surface area is 112 Å². The van der Waals surface area contributed by atoms with Gasteiger partial charge in [0.15, 0.2) is 0 Å². The first-order valence-corrected chi connectivity index (χ1v) is 5.98. The standard InChI is InChI=1S/C12H18N4OS/c1-7-5-6-14-11(9(7)10(13)18)15-8(2)12(17)16(3)4/h5-6,8H,1-4H3,(H2,13,18)(H,14,15). The highest BCUT2D eigenvalue weighted by atomic mass is 32.1. The maximum atomic E-state index is 11.8. The molecular weight excluding hydrogens is 248 g/mol. The Hall–Kier alpha value is -1.69. The van der Waals surface area contributed by atoms with Crippen LogP contribution in [0.5, 0.6) is 0 Å². The number of nitrogens with zero attached hydrogens (tertiary/aromatic N) is 2. The third kappa shape index (κ3) is 3.16. The number of amides is 1. The summed E-state index contributed by atoms with van der Waals surface area (Å²) < 4.78 is 0. The molecule has 0 aliphatic carbocycles. The fourth-order valence-electron chi connectivity index (χ4n) is 1.63. The summed E-state index contributed by atoms with van der Waals surface area (Å²) in [7, 11) is 3.41. The zero-order valence-electron chi connectivity index (χ0n) is 11.0. The number of pyridine rings is 1. The number of carbonyl (C=O) groups excluding carboxylic acids is 1. The van der Waals surface area contributed by atoms with Crippen molar-refractivity contribution in [3.05, 3.63) is 23.4 Å². The highest BCUT2D eigenvalue weighted by Crippen LogP contribution is 2.17. The first-order valence-electron chi connectivity index (χ1n) is 5.57. The van der Waals surface area contributed by atoms with Gasteiger partial charge in [0.25, 0.3) is 0 Å². The molecule has 1 atom stereocenters. The van der Waals surface area contributed by atoms with Crippen LogP contribution in [-0.4, -0.2) is 40.9 Å². The predicted molar refractivity (Wildman–Crippen MR) is 76.6 cm³/mol. The van der Waals surface area contributed by atoms with Gasteiger partial charge in [-0.3, -0.25) is 4.79 Å². The third-order valence-electron chi connectivity index (χ3n) is 2.57. The molecule has 0 fully saturated rings. The second kappa shape index (κ2) is 5.77. The average Bonchev–Trinajstić information content (AvgIpc) is 2.27. The van der Waals surface area contributed by atoms with E-state index in [4.69, 9.17) is 18.0 Å². The van der Waals surface area contributed by atoms with Crippen molar-refractivity contribution in [1.82, 2.24) is 9.88 Å². The van der Waals surface area contributed by atoms with Gasteiger partial charge in [-0.1, -0.05) is 12.2 Å². The minimum Gasteiger partial charge on any atom is -0.389 e. The summed E-state index contributed by atoms with van der Waals surface area (Å²) in [5.41, 5.74) is 7.30. The van der Waals surface area contributed by atoms with Crippen molar-refractivity contribution in [1.29, 1.82) is 0 Å². The van der Waals surface area contributed by atoms with Crippen LogP contribution in [0.4, 0.5) is 5.82 Å². The van der Waals surface area contributed by atoms with Gasteiger partial charge in [-0.05, 0) is 25.5 Å². The monoisotopic (exact) mass is 266 g/mol. The fraction of sp³-hybridized carbons (Fsp3) is 0.417. The third-order valence-corrected chi connectivity index (χ3v) is 2.77. The van der Waals surface area contributed by atoms with Gasteiger partial charge in [0.05, 0.1) is 5.56 Å². The molecule has 0 aliphatic rings. The minimum atomic E-state index is -0.387. The van der Waals surface area contributed by atoms with E-state index in [-0.39, 0.29) is 16.9 Å². The topological polar surface area (TPSA) is 71.2 Å². The Morgan fingerprint density at radius 3 is 2.67 bits per heavy atom. The van der Waals surface area contributed by atoms with Crippen LogP contribution in [0.25, 0.3) is 0 Å². The van der Waals surface area contributed by atoms with E-state index >= 15 is 0 Å². The molecule has 98 valence electrons. The number of hydrogen-bond donors (Lipinski definition) is 2. The van der Waals surface area contributed by atoms with Crippen LogP contribution in [0.3, 0.4) is 0 Å². The van der Waals surface area contributed by atoms with Gasteiger partial charge in [0, 0.05) is 20.3 Å². The summed E-state index contributed by atoms with van der Waals surface area (Å²) >= 11 is 5.01. The van der Waals surface area contributed by atoms with Crippen LogP contribution in [-0.2, 0) is 4.79 Å². The molecule has 6 heteroatoms. The molecule has 1 rings (SSSR count). The van der Waals surface area contributed by atoms with Crippen molar-refractivity contribution < 1.29 is 4.79 Å². The molecule has 1 heterocycles. The molecule has 0 bridgehead atoms. The Bertz CT molecular complexity index is 473. The molecule has 5 nitrogen and oxygen atoms in total. The van der Waals surface area contributed by atoms with Crippen molar-refractivity contribution in [3.63, 3.8) is 0 Å². The smallest absolute Gasteiger partial charge is 0.244 e. The second-order valence-electron chi connectivity index (χ2n) is 4.31. The van der Waals surface area contributed by atoms with E-state index in [9.17, 15) is 4.79 Å². The average molecular weight is 266 g/mol. The summed E-state index contributed by atoms with van der Waals surface area (Å²) in [6.07, 6.45) is 1.66. The Morgan fingerprint density at radius 1 is 1.56 bits per heavy atom. The molecule has 18 heavy (non-hydrogen) atoms. The molecule has 1 unspecified atom stereocenters. The number of thiocarbonyl (C=S) groups is 1. The van der Waals surface area contributed by atoms with Crippen molar-refractivity contribution >= 4 is 28.9 Å². The summed E-state index contributed by atoms with van der Waals surface area (Å²) in [6.45, 7) is 3.68. The van der Waals surface area contributed by atoms with Crippen LogP contribution in [0.2, 0.25) is 0 Å². The van der Waals surface area contributed by atoms with Gasteiger partial charge in [-0.15, -0.1) is 0 Å². The predicted octanol–water partition coefficient (Wildman–Crippen LogP) is 0.913. The molecule has 3 N–H and O–H groups in total. The lowest BCUT2D eigenvalue weighted by Crippen LogP contribution is -2.37. The molecule has 0 aromatic carbocycles. The van der Waals surface area contributed by atoms with Gasteiger partial charge in [-0.25, -0.2) is 4.98 Å². The maximum Gasteiger partial charge on any atom is 0.244 e. The number of nitrogens with one attached hydrogen (secondary N) is 1. The largest absolute Gasteiger partial charge is 0.389 e. The van der Waals surface area contributed by atoms with E-state index in [1.165, 1.54) is 4.90 Å². The molecule has 0 radical (unpaired) electrons. The van der Waals surface area contributed by atoms with Crippen LogP contribution >= 0.6 is 12.2 Å². The van der Waals surface area contributed by atoms with E-state index in [2.05, 4.69) is 10.3 Å². The van der Waals surface area contributed by atoms with Crippen LogP contribution < -0.4 is 11.1 Å². The first kappa shape index (κ1) is 14.4. The summed E-state index contributed by atoms with van der Waals surface area (Å²) in [5, 5.41) is 3.04. The van der Waals surface area contributed by atoms with Crippen LogP contribution in [0.1, 0.15) is 18.1 Å². The van der Waals surface area contributed by atoms with Gasteiger partial charge in [0.1, 0.15) is 16.8 Å². The SMILES string of the molecule is Cc1ccnc(NC(C)C(=O)N(C)C)c1C(N)=S. The van der Waals surface area contributed by atoms with Gasteiger partial charge in [0.2, 0.25) is 5.91 Å². The highest BCUT2D eigenvalue weighted by Gasteiger charge is 2.18. The van der Waals surface area contributed by atoms with Gasteiger partial charge in [-0.2, -0.15) is 0 Å². The molecule has 1 aromatic heterocycles. The van der Waals surface area contributed by atoms with Gasteiger partial charge >= 0.3 is 0 Å². The van der Waals surface area contributed by atoms with Gasteiger partial charge < -0.3 is 16.0 Å². The van der Waals surface area contributed by atoms with E-state index in [1.807, 2.05) is 13.0 Å². The Morgan fingerprint density at radius 2 is 2.17 bits per heavy atom. The van der Waals surface area contributed by atoms with Crippen molar-refractivity contribution in [2.75, 3.05) is 19.4 Å². The number of carbonyl (C=O) groups is 1. The quantitative estimate of drug-likeness (QED) is 0.793. The highest BCUT2D eigenvalue weighted by molar-refractivity contribution is 7.80. The number of hydrogen-bond acceptors (Lipinski definition) is 4. The molecule has 0 saturated heterocycles. The molecular formula is C12H18N4OS. The number of rotatable bonds is 4. The van der Waals surface area contributed by atoms with E-state index in [1.54, 1.807) is 27.2 Å². The minimum absolute atomic E-state index is 0.0350. The van der Waals surface area contributed by atoms with Crippen LogP contribution in [0, 0.1) is 6.92 Å². The number of aryl methyl sites for hydroxylation is 1. The van der Waals surface area contributed by atoms with E-state index in [0.717, 1.165) is 5.56 Å². The molecule has 0 aliphatic heterocycles. The lowest BCUT2D eigenvalue weighted by molar-refractivity contribution is -0.129. The molecule has 1 amide bonds. The molecule has 1 aromatic rings. The van der Waals surface area contributed by atoms with Crippen molar-refractivity contribution in [3.8, 4) is 0 Å². The lowest BCUT2D eigenvalue weighted by Gasteiger charge is -2.20. The molecule has 0 saturated carbocycles. The summed E-state index contributed by atoms with van der Waals surface area (Å²) in [5.74, 6) is 0.511. The second-order valence-corrected chi connectivity index (χ2v) is 4.75. The normalized spacial score (nSPS) is 11.8. The van der Waals surface area contributed by atoms with Crippen LogP contribution in [0.15, 0.2) is 12.3 Å².